The van der Waals surface area contributed by atoms with E-state index in [2.05, 4.69) is 0 Å². The summed E-state index contributed by atoms with van der Waals surface area (Å²) in [6.07, 6.45) is -5.05. The van der Waals surface area contributed by atoms with E-state index in [1.807, 2.05) is 0 Å². The van der Waals surface area contributed by atoms with Gasteiger partial charge in [-0.1, -0.05) is 6.07 Å². The summed E-state index contributed by atoms with van der Waals surface area (Å²) >= 11 is 0. The summed E-state index contributed by atoms with van der Waals surface area (Å²) in [6, 6.07) is 3.37. The average molecular weight is 322 g/mol. The fourth-order valence-corrected chi connectivity index (χ4v) is 2.96. The van der Waals surface area contributed by atoms with Crippen LogP contribution in [-0.2, 0) is 21.0 Å². The highest BCUT2D eigenvalue weighted by molar-refractivity contribution is 7.89. The third kappa shape index (κ3) is 3.18. The minimum absolute atomic E-state index is 0.335. The molecule has 1 amide bonds. The summed E-state index contributed by atoms with van der Waals surface area (Å²) in [5, 5.41) is 3.78. The van der Waals surface area contributed by atoms with Crippen molar-refractivity contribution in [3.8, 4) is 0 Å². The molecule has 0 aliphatic carbocycles. The van der Waals surface area contributed by atoms with Crippen LogP contribution in [0.1, 0.15) is 17.5 Å². The van der Waals surface area contributed by atoms with E-state index in [4.69, 9.17) is 5.14 Å². The van der Waals surface area contributed by atoms with Gasteiger partial charge in [0, 0.05) is 13.0 Å². The van der Waals surface area contributed by atoms with Crippen molar-refractivity contribution in [2.24, 2.45) is 5.14 Å². The molecule has 1 unspecified atom stereocenters. The Morgan fingerprint density at radius 1 is 1.33 bits per heavy atom. The number of nitrogens with zero attached hydrogens (tertiary/aromatic N) is 1. The Morgan fingerprint density at radius 2 is 1.95 bits per heavy atom. The first-order chi connectivity index (χ1) is 9.50. The number of benzene rings is 1. The highest BCUT2D eigenvalue weighted by Gasteiger charge is 2.41. The minimum atomic E-state index is -4.64. The first kappa shape index (κ1) is 15.8. The van der Waals surface area contributed by atoms with Crippen LogP contribution in [0.4, 0.5) is 18.9 Å². The largest absolute Gasteiger partial charge is 0.418 e. The molecular weight excluding hydrogens is 309 g/mol. The van der Waals surface area contributed by atoms with Crippen molar-refractivity contribution in [2.45, 2.75) is 24.8 Å². The summed E-state index contributed by atoms with van der Waals surface area (Å²) < 4.78 is 61.6. The van der Waals surface area contributed by atoms with Gasteiger partial charge in [-0.3, -0.25) is 4.79 Å². The molecule has 1 saturated heterocycles. The molecule has 1 aliphatic rings. The Balaban J connectivity index is 2.48. The predicted molar refractivity (Wildman–Crippen MR) is 70.0 cm³/mol. The molecule has 2 rings (SSSR count). The molecule has 5 nitrogen and oxygen atoms in total. The summed E-state index contributed by atoms with van der Waals surface area (Å²) in [7, 11) is -3.98. The lowest BCUT2D eigenvalue weighted by molar-refractivity contribution is -0.137. The number of sulfonamides is 1. The molecule has 1 atom stereocenters. The van der Waals surface area contributed by atoms with Crippen molar-refractivity contribution in [2.75, 3.05) is 11.4 Å². The van der Waals surface area contributed by atoms with Gasteiger partial charge in [0.25, 0.3) is 0 Å². The number of nitrogens with two attached hydrogens (primary N) is 1. The lowest BCUT2D eigenvalue weighted by Gasteiger charge is -2.22. The van der Waals surface area contributed by atoms with Crippen molar-refractivity contribution >= 4 is 21.6 Å². The maximum atomic E-state index is 13.0. The van der Waals surface area contributed by atoms with E-state index >= 15 is 0 Å². The van der Waals surface area contributed by atoms with Crippen LogP contribution in [0, 0.1) is 6.92 Å². The van der Waals surface area contributed by atoms with E-state index in [1.54, 1.807) is 6.92 Å². The SMILES string of the molecule is Cc1ccc(C(F)(F)F)c(N2CC(S(N)(=O)=O)CC2=O)c1. The number of halogens is 3. The molecule has 116 valence electrons. The van der Waals surface area contributed by atoms with Crippen LogP contribution in [0.25, 0.3) is 0 Å². The quantitative estimate of drug-likeness (QED) is 0.894. The van der Waals surface area contributed by atoms with Crippen LogP contribution in [-0.4, -0.2) is 26.1 Å². The summed E-state index contributed by atoms with van der Waals surface area (Å²) in [5.74, 6) is -0.690. The number of anilines is 1. The number of primary sulfonamides is 1. The van der Waals surface area contributed by atoms with E-state index in [1.165, 1.54) is 12.1 Å². The standard InChI is InChI=1S/C12H13F3N2O3S/c1-7-2-3-9(12(13,14)15)10(4-7)17-6-8(5-11(17)18)21(16,19)20/h2-4,8H,5-6H2,1H3,(H2,16,19,20). The lowest BCUT2D eigenvalue weighted by Crippen LogP contribution is -2.33. The van der Waals surface area contributed by atoms with Gasteiger partial charge in [0.15, 0.2) is 0 Å². The highest BCUT2D eigenvalue weighted by atomic mass is 32.2. The Bertz CT molecular complexity index is 685. The topological polar surface area (TPSA) is 80.5 Å². The second-order valence-electron chi connectivity index (χ2n) is 4.94. The van der Waals surface area contributed by atoms with E-state index in [0.717, 1.165) is 11.0 Å². The number of alkyl halides is 3. The Kier molecular flexibility index (Phi) is 3.75. The molecule has 1 aromatic carbocycles. The molecule has 21 heavy (non-hydrogen) atoms. The van der Waals surface area contributed by atoms with Gasteiger partial charge in [0.2, 0.25) is 15.9 Å². The maximum Gasteiger partial charge on any atom is 0.418 e. The van der Waals surface area contributed by atoms with Crippen LogP contribution in [0.3, 0.4) is 0 Å². The molecule has 1 heterocycles. The van der Waals surface area contributed by atoms with Crippen molar-refractivity contribution in [3.05, 3.63) is 29.3 Å². The molecule has 1 aliphatic heterocycles. The highest BCUT2D eigenvalue weighted by Crippen LogP contribution is 2.38. The molecule has 9 heteroatoms. The van der Waals surface area contributed by atoms with Gasteiger partial charge in [-0.25, -0.2) is 13.6 Å². The normalized spacial score (nSPS) is 20.1. The fraction of sp³-hybridized carbons (Fsp3) is 0.417. The Morgan fingerprint density at radius 3 is 2.43 bits per heavy atom. The van der Waals surface area contributed by atoms with E-state index < -0.39 is 39.3 Å². The van der Waals surface area contributed by atoms with Crippen LogP contribution < -0.4 is 10.0 Å². The minimum Gasteiger partial charge on any atom is -0.310 e. The smallest absolute Gasteiger partial charge is 0.310 e. The number of hydrogen-bond acceptors (Lipinski definition) is 3. The second kappa shape index (κ2) is 4.99. The van der Waals surface area contributed by atoms with Gasteiger partial charge in [-0.2, -0.15) is 13.2 Å². The first-order valence-corrected chi connectivity index (χ1v) is 7.61. The lowest BCUT2D eigenvalue weighted by atomic mass is 10.1. The number of carbonyl (C=O) groups is 1. The van der Waals surface area contributed by atoms with Crippen molar-refractivity contribution in [1.82, 2.24) is 0 Å². The van der Waals surface area contributed by atoms with Crippen molar-refractivity contribution in [1.29, 1.82) is 0 Å². The zero-order valence-corrected chi connectivity index (χ0v) is 11.8. The summed E-state index contributed by atoms with van der Waals surface area (Å²) in [5.41, 5.74) is -0.778. The molecule has 1 aromatic rings. The van der Waals surface area contributed by atoms with Crippen LogP contribution in [0.2, 0.25) is 0 Å². The Labute approximate surface area is 119 Å². The van der Waals surface area contributed by atoms with Crippen LogP contribution in [0.5, 0.6) is 0 Å². The van der Waals surface area contributed by atoms with Gasteiger partial charge in [0.05, 0.1) is 11.3 Å². The second-order valence-corrected chi connectivity index (χ2v) is 6.78. The predicted octanol–water partition coefficient (Wildman–Crippen LogP) is 1.41. The van der Waals surface area contributed by atoms with E-state index in [9.17, 15) is 26.4 Å². The molecular formula is C12H13F3N2O3S. The number of rotatable bonds is 2. The summed E-state index contributed by atoms with van der Waals surface area (Å²) in [6.45, 7) is 1.21. The van der Waals surface area contributed by atoms with E-state index in [0.29, 0.717) is 5.56 Å². The first-order valence-electron chi connectivity index (χ1n) is 6.00. The molecule has 0 radical (unpaired) electrons. The molecule has 0 aromatic heterocycles. The van der Waals surface area contributed by atoms with E-state index in [-0.39, 0.29) is 12.2 Å². The number of amides is 1. The van der Waals surface area contributed by atoms with Gasteiger partial charge >= 0.3 is 6.18 Å². The van der Waals surface area contributed by atoms with Crippen molar-refractivity contribution in [3.63, 3.8) is 0 Å². The van der Waals surface area contributed by atoms with Gasteiger partial charge < -0.3 is 4.90 Å². The Hall–Kier alpha value is -1.61. The van der Waals surface area contributed by atoms with Gasteiger partial charge in [-0.15, -0.1) is 0 Å². The molecule has 0 spiro atoms. The molecule has 1 fully saturated rings. The van der Waals surface area contributed by atoms with Gasteiger partial charge in [0.1, 0.15) is 5.25 Å². The number of hydrogen-bond donors (Lipinski definition) is 1. The molecule has 2 N–H and O–H groups in total. The third-order valence-electron chi connectivity index (χ3n) is 3.30. The zero-order valence-electron chi connectivity index (χ0n) is 11.0. The zero-order chi connectivity index (χ0) is 16.0. The van der Waals surface area contributed by atoms with Crippen LogP contribution >= 0.6 is 0 Å². The van der Waals surface area contributed by atoms with Gasteiger partial charge in [-0.05, 0) is 24.6 Å². The number of carbonyl (C=O) groups excluding carboxylic acids is 1. The van der Waals surface area contributed by atoms with Crippen LogP contribution in [0.15, 0.2) is 18.2 Å². The number of aryl methyl sites for hydroxylation is 1. The maximum absolute atomic E-state index is 13.0. The average Bonchev–Trinajstić information content (AvgIpc) is 2.69. The molecule has 0 saturated carbocycles. The summed E-state index contributed by atoms with van der Waals surface area (Å²) in [4.78, 5) is 12.7. The van der Waals surface area contributed by atoms with Crippen molar-refractivity contribution < 1.29 is 26.4 Å². The molecule has 0 bridgehead atoms. The third-order valence-corrected chi connectivity index (χ3v) is 4.55. The monoisotopic (exact) mass is 322 g/mol. The fourth-order valence-electron chi connectivity index (χ4n) is 2.23.